The first kappa shape index (κ1) is 11.7. The van der Waals surface area contributed by atoms with Gasteiger partial charge in [0.15, 0.2) is 0 Å². The van der Waals surface area contributed by atoms with Crippen LogP contribution in [0.25, 0.3) is 0 Å². The number of amides is 1. The van der Waals surface area contributed by atoms with Gasteiger partial charge in [0.2, 0.25) is 0 Å². The largest absolute Gasteiger partial charge is 0.320 e. The Morgan fingerprint density at radius 3 is 2.53 bits per heavy atom. The number of benzene rings is 1. The number of carbonyl (C=O) groups is 1. The number of hydrogen-bond acceptors (Lipinski definition) is 2. The fourth-order valence-corrected chi connectivity index (χ4v) is 1.80. The second-order valence-electron chi connectivity index (χ2n) is 3.81. The molecular weight excluding hydrogens is 238 g/mol. The number of hydrogen-bond donors (Lipinski definition) is 2. The van der Waals surface area contributed by atoms with Crippen molar-refractivity contribution >= 4 is 23.2 Å². The van der Waals surface area contributed by atoms with Crippen molar-refractivity contribution in [1.29, 1.82) is 0 Å². The Hall–Kier alpha value is -1.81. The first-order valence-electron chi connectivity index (χ1n) is 5.16. The van der Waals surface area contributed by atoms with Crippen LogP contribution in [0.2, 0.25) is 5.02 Å². The Bertz CT molecular complexity index is 542. The van der Waals surface area contributed by atoms with Gasteiger partial charge in [0, 0.05) is 5.69 Å². The average Bonchev–Trinajstić information content (AvgIpc) is 2.70. The van der Waals surface area contributed by atoms with Gasteiger partial charge in [-0.25, -0.2) is 0 Å². The molecule has 0 unspecified atom stereocenters. The van der Waals surface area contributed by atoms with Crippen LogP contribution in [0.4, 0.5) is 5.69 Å². The molecule has 0 aliphatic rings. The van der Waals surface area contributed by atoms with Crippen LogP contribution in [0.1, 0.15) is 21.6 Å². The van der Waals surface area contributed by atoms with Gasteiger partial charge in [0.1, 0.15) is 5.69 Å². The van der Waals surface area contributed by atoms with Crippen LogP contribution in [0.15, 0.2) is 24.4 Å². The number of aromatic amines is 1. The van der Waals surface area contributed by atoms with E-state index < -0.39 is 0 Å². The number of carbonyl (C=O) groups excluding carboxylic acids is 1. The lowest BCUT2D eigenvalue weighted by Gasteiger charge is -2.10. The normalized spacial score (nSPS) is 10.3. The summed E-state index contributed by atoms with van der Waals surface area (Å²) in [5, 5.41) is 9.42. The second-order valence-corrected chi connectivity index (χ2v) is 4.22. The Morgan fingerprint density at radius 2 is 2.00 bits per heavy atom. The smallest absolute Gasteiger partial charge is 0.275 e. The van der Waals surface area contributed by atoms with E-state index in [2.05, 4.69) is 15.5 Å². The Labute approximate surface area is 104 Å². The van der Waals surface area contributed by atoms with Gasteiger partial charge >= 0.3 is 0 Å². The number of nitrogens with one attached hydrogen (secondary N) is 2. The quantitative estimate of drug-likeness (QED) is 0.860. The van der Waals surface area contributed by atoms with Gasteiger partial charge in [-0.2, -0.15) is 5.10 Å². The average molecular weight is 250 g/mol. The number of para-hydroxylation sites is 1. The molecule has 1 aromatic heterocycles. The molecule has 0 aliphatic carbocycles. The highest BCUT2D eigenvalue weighted by molar-refractivity contribution is 6.34. The molecule has 0 fully saturated rings. The van der Waals surface area contributed by atoms with Gasteiger partial charge in [-0.15, -0.1) is 0 Å². The van der Waals surface area contributed by atoms with Crippen molar-refractivity contribution in [2.24, 2.45) is 0 Å². The van der Waals surface area contributed by atoms with Crippen molar-refractivity contribution in [3.05, 3.63) is 46.2 Å². The van der Waals surface area contributed by atoms with E-state index in [1.54, 1.807) is 0 Å². The molecule has 0 saturated carbocycles. The van der Waals surface area contributed by atoms with E-state index >= 15 is 0 Å². The molecule has 0 saturated heterocycles. The summed E-state index contributed by atoms with van der Waals surface area (Å²) in [5.41, 5.74) is 3.10. The summed E-state index contributed by atoms with van der Waals surface area (Å²) in [6.07, 6.45) is 1.40. The molecule has 1 amide bonds. The van der Waals surface area contributed by atoms with Crippen molar-refractivity contribution in [2.45, 2.75) is 13.8 Å². The van der Waals surface area contributed by atoms with E-state index in [0.29, 0.717) is 5.02 Å². The summed E-state index contributed by atoms with van der Waals surface area (Å²) in [7, 11) is 0. The summed E-state index contributed by atoms with van der Waals surface area (Å²) >= 11 is 5.83. The van der Waals surface area contributed by atoms with Crippen molar-refractivity contribution in [2.75, 3.05) is 5.32 Å². The van der Waals surface area contributed by atoms with E-state index in [1.165, 1.54) is 6.20 Å². The zero-order chi connectivity index (χ0) is 12.4. The fourth-order valence-electron chi connectivity index (χ4n) is 1.62. The highest BCUT2D eigenvalue weighted by Crippen LogP contribution is 2.21. The fraction of sp³-hybridized carbons (Fsp3) is 0.167. The van der Waals surface area contributed by atoms with Gasteiger partial charge in [-0.05, 0) is 25.0 Å². The van der Waals surface area contributed by atoms with Gasteiger partial charge in [-0.1, -0.05) is 29.8 Å². The third-order valence-corrected chi connectivity index (χ3v) is 2.83. The molecule has 2 N–H and O–H groups in total. The Balaban J connectivity index is 2.28. The SMILES string of the molecule is Cc1cccc(C)c1NC(=O)c1[nH]ncc1Cl. The van der Waals surface area contributed by atoms with Crippen LogP contribution in [0.5, 0.6) is 0 Å². The number of aryl methyl sites for hydroxylation is 2. The zero-order valence-corrected chi connectivity index (χ0v) is 10.3. The van der Waals surface area contributed by atoms with E-state index in [1.807, 2.05) is 32.0 Å². The minimum Gasteiger partial charge on any atom is -0.320 e. The number of aromatic nitrogens is 2. The van der Waals surface area contributed by atoms with Crippen LogP contribution < -0.4 is 5.32 Å². The molecular formula is C12H12ClN3O. The number of H-pyrrole nitrogens is 1. The number of halogens is 1. The predicted molar refractivity (Wildman–Crippen MR) is 67.5 cm³/mol. The van der Waals surface area contributed by atoms with Crippen molar-refractivity contribution in [1.82, 2.24) is 10.2 Å². The maximum Gasteiger partial charge on any atom is 0.275 e. The number of anilines is 1. The van der Waals surface area contributed by atoms with Crippen molar-refractivity contribution in [3.63, 3.8) is 0 Å². The molecule has 4 nitrogen and oxygen atoms in total. The molecule has 1 aromatic carbocycles. The minimum absolute atomic E-state index is 0.273. The van der Waals surface area contributed by atoms with Crippen LogP contribution >= 0.6 is 11.6 Å². The summed E-state index contributed by atoms with van der Waals surface area (Å²) in [5.74, 6) is -0.287. The van der Waals surface area contributed by atoms with E-state index in [4.69, 9.17) is 11.6 Å². The molecule has 88 valence electrons. The molecule has 0 bridgehead atoms. The van der Waals surface area contributed by atoms with Crippen LogP contribution in [-0.2, 0) is 0 Å². The van der Waals surface area contributed by atoms with Crippen LogP contribution in [0.3, 0.4) is 0 Å². The summed E-state index contributed by atoms with van der Waals surface area (Å²) in [4.78, 5) is 11.9. The van der Waals surface area contributed by atoms with Gasteiger partial charge in [0.05, 0.1) is 11.2 Å². The van der Waals surface area contributed by atoms with Crippen LogP contribution in [-0.4, -0.2) is 16.1 Å². The summed E-state index contributed by atoms with van der Waals surface area (Å²) < 4.78 is 0. The molecule has 0 atom stereocenters. The molecule has 2 rings (SSSR count). The highest BCUT2D eigenvalue weighted by atomic mass is 35.5. The molecule has 0 spiro atoms. The third kappa shape index (κ3) is 2.31. The number of nitrogens with zero attached hydrogens (tertiary/aromatic N) is 1. The lowest BCUT2D eigenvalue weighted by Crippen LogP contribution is -2.14. The van der Waals surface area contributed by atoms with Gasteiger partial charge in [0.25, 0.3) is 5.91 Å². The van der Waals surface area contributed by atoms with Crippen molar-refractivity contribution < 1.29 is 4.79 Å². The predicted octanol–water partition coefficient (Wildman–Crippen LogP) is 2.93. The highest BCUT2D eigenvalue weighted by Gasteiger charge is 2.14. The lowest BCUT2D eigenvalue weighted by atomic mass is 10.1. The monoisotopic (exact) mass is 249 g/mol. The van der Waals surface area contributed by atoms with E-state index in [9.17, 15) is 4.79 Å². The first-order chi connectivity index (χ1) is 8.09. The standard InChI is InChI=1S/C12H12ClN3O/c1-7-4-3-5-8(2)10(7)15-12(17)11-9(13)6-14-16-11/h3-6H,1-2H3,(H,14,16)(H,15,17). The van der Waals surface area contributed by atoms with Crippen molar-refractivity contribution in [3.8, 4) is 0 Å². The zero-order valence-electron chi connectivity index (χ0n) is 9.54. The van der Waals surface area contributed by atoms with E-state index in [-0.39, 0.29) is 11.6 Å². The maximum absolute atomic E-state index is 11.9. The number of rotatable bonds is 2. The summed E-state index contributed by atoms with van der Waals surface area (Å²) in [6, 6.07) is 5.83. The summed E-state index contributed by atoms with van der Waals surface area (Å²) in [6.45, 7) is 3.88. The first-order valence-corrected chi connectivity index (χ1v) is 5.54. The minimum atomic E-state index is -0.287. The van der Waals surface area contributed by atoms with Gasteiger partial charge < -0.3 is 5.32 Å². The Kier molecular flexibility index (Phi) is 3.15. The third-order valence-electron chi connectivity index (χ3n) is 2.54. The van der Waals surface area contributed by atoms with Gasteiger partial charge in [-0.3, -0.25) is 9.89 Å². The molecule has 5 heteroatoms. The maximum atomic E-state index is 11.9. The van der Waals surface area contributed by atoms with E-state index in [0.717, 1.165) is 16.8 Å². The topological polar surface area (TPSA) is 57.8 Å². The molecule has 0 aliphatic heterocycles. The lowest BCUT2D eigenvalue weighted by molar-refractivity contribution is 0.102. The van der Waals surface area contributed by atoms with Crippen LogP contribution in [0, 0.1) is 13.8 Å². The molecule has 1 heterocycles. The molecule has 2 aromatic rings. The molecule has 17 heavy (non-hydrogen) atoms. The Morgan fingerprint density at radius 1 is 1.35 bits per heavy atom. The molecule has 0 radical (unpaired) electrons. The second kappa shape index (κ2) is 4.59.